The number of amides is 2. The molecule has 0 saturated heterocycles. The number of para-hydroxylation sites is 2. The van der Waals surface area contributed by atoms with Gasteiger partial charge in [-0.3, -0.25) is 14.4 Å². The predicted octanol–water partition coefficient (Wildman–Crippen LogP) is 2.11. The highest BCUT2D eigenvalue weighted by molar-refractivity contribution is 5.90. The van der Waals surface area contributed by atoms with Crippen LogP contribution >= 0.6 is 0 Å². The molecule has 2 N–H and O–H groups in total. The molecule has 0 unspecified atom stereocenters. The summed E-state index contributed by atoms with van der Waals surface area (Å²) < 4.78 is 11.1. The molecule has 0 fully saturated rings. The number of likely N-dealkylation sites (N-methyl/N-ethyl adjacent to an activating group) is 1. The van der Waals surface area contributed by atoms with Gasteiger partial charge < -0.3 is 20.1 Å². The Morgan fingerprint density at radius 1 is 1.04 bits per heavy atom. The Labute approximate surface area is 163 Å². The second kappa shape index (κ2) is 8.56. The van der Waals surface area contributed by atoms with Gasteiger partial charge in [-0.15, -0.1) is 0 Å². The number of hydrogen-bond donors (Lipinski definition) is 2. The lowest BCUT2D eigenvalue weighted by molar-refractivity contribution is -0.149. The minimum absolute atomic E-state index is 0.297. The van der Waals surface area contributed by atoms with Crippen LogP contribution in [-0.2, 0) is 19.1 Å². The Morgan fingerprint density at radius 3 is 2.18 bits per heavy atom. The van der Waals surface area contributed by atoms with Gasteiger partial charge in [-0.05, 0) is 26.0 Å². The lowest BCUT2D eigenvalue weighted by Gasteiger charge is -2.26. The zero-order valence-corrected chi connectivity index (χ0v) is 15.7. The highest BCUT2D eigenvalue weighted by Crippen LogP contribution is 2.44. The topological polar surface area (TPSA) is 93.7 Å². The molecule has 0 saturated carbocycles. The van der Waals surface area contributed by atoms with Crippen LogP contribution in [0.25, 0.3) is 0 Å². The van der Waals surface area contributed by atoms with Crippen LogP contribution in [0.5, 0.6) is 11.5 Å². The fourth-order valence-electron chi connectivity index (χ4n) is 3.06. The van der Waals surface area contributed by atoms with Crippen molar-refractivity contribution in [2.24, 2.45) is 0 Å². The van der Waals surface area contributed by atoms with E-state index < -0.39 is 30.4 Å². The van der Waals surface area contributed by atoms with E-state index in [-0.39, 0.29) is 5.91 Å². The van der Waals surface area contributed by atoms with E-state index in [1.165, 1.54) is 0 Å². The summed E-state index contributed by atoms with van der Waals surface area (Å²) in [6.45, 7) is 3.36. The Balaban J connectivity index is 1.70. The maximum Gasteiger partial charge on any atom is 0.318 e. The second-order valence-corrected chi connectivity index (χ2v) is 6.40. The molecule has 1 atom stereocenters. The largest absolute Gasteiger partial charge is 0.457 e. The fourth-order valence-corrected chi connectivity index (χ4v) is 3.06. The third-order valence-corrected chi connectivity index (χ3v) is 4.38. The fraction of sp³-hybridized carbons (Fsp3) is 0.286. The zero-order valence-electron chi connectivity index (χ0n) is 15.7. The second-order valence-electron chi connectivity index (χ2n) is 6.40. The normalized spacial score (nSPS) is 13.4. The molecule has 0 bridgehead atoms. The molecule has 1 heterocycles. The van der Waals surface area contributed by atoms with Crippen LogP contribution in [0.15, 0.2) is 48.5 Å². The van der Waals surface area contributed by atoms with E-state index in [1.807, 2.05) is 24.3 Å². The van der Waals surface area contributed by atoms with Gasteiger partial charge in [-0.2, -0.15) is 0 Å². The van der Waals surface area contributed by atoms with Crippen molar-refractivity contribution in [3.8, 4) is 11.5 Å². The maximum atomic E-state index is 12.8. The van der Waals surface area contributed by atoms with Crippen molar-refractivity contribution in [1.29, 1.82) is 0 Å². The molecule has 0 aliphatic carbocycles. The predicted molar refractivity (Wildman–Crippen MR) is 102 cm³/mol. The van der Waals surface area contributed by atoms with Gasteiger partial charge >= 0.3 is 5.97 Å². The first-order chi connectivity index (χ1) is 13.5. The summed E-state index contributed by atoms with van der Waals surface area (Å²) in [5, 5.41) is 5.12. The Kier molecular flexibility index (Phi) is 5.93. The van der Waals surface area contributed by atoms with Gasteiger partial charge in [0.15, 0.2) is 6.61 Å². The highest BCUT2D eigenvalue weighted by atomic mass is 16.5. The standard InChI is InChI=1S/C21H22N2O5/c1-3-22-20(25)13(2)23-18(24)12-27-21(26)19-14-8-4-6-10-16(14)28-17-11-7-5-9-15(17)19/h4-11,13,19H,3,12H2,1-2H3,(H,22,25)(H,23,24)/t13-/m0/s1. The van der Waals surface area contributed by atoms with Crippen LogP contribution in [0.4, 0.5) is 0 Å². The van der Waals surface area contributed by atoms with E-state index in [0.717, 1.165) is 0 Å². The lowest BCUT2D eigenvalue weighted by Crippen LogP contribution is -2.46. The Bertz CT molecular complexity index is 850. The molecule has 3 rings (SSSR count). The van der Waals surface area contributed by atoms with E-state index >= 15 is 0 Å². The third-order valence-electron chi connectivity index (χ3n) is 4.38. The van der Waals surface area contributed by atoms with Gasteiger partial charge in [-0.25, -0.2) is 0 Å². The molecule has 7 heteroatoms. The molecular weight excluding hydrogens is 360 g/mol. The SMILES string of the molecule is CCNC(=O)[C@H](C)NC(=O)COC(=O)C1c2ccccc2Oc2ccccc21. The summed E-state index contributed by atoms with van der Waals surface area (Å²) in [4.78, 5) is 36.6. The molecule has 2 aromatic carbocycles. The van der Waals surface area contributed by atoms with E-state index in [1.54, 1.807) is 38.1 Å². The minimum Gasteiger partial charge on any atom is -0.457 e. The molecule has 28 heavy (non-hydrogen) atoms. The van der Waals surface area contributed by atoms with Crippen molar-refractivity contribution in [1.82, 2.24) is 10.6 Å². The molecular formula is C21H22N2O5. The summed E-state index contributed by atoms with van der Waals surface area (Å²) in [6, 6.07) is 13.7. The van der Waals surface area contributed by atoms with E-state index in [4.69, 9.17) is 9.47 Å². The molecule has 1 aliphatic heterocycles. The minimum atomic E-state index is -0.712. The van der Waals surface area contributed by atoms with Crippen molar-refractivity contribution in [3.63, 3.8) is 0 Å². The first-order valence-electron chi connectivity index (χ1n) is 9.10. The Hall–Kier alpha value is -3.35. The molecule has 0 spiro atoms. The smallest absolute Gasteiger partial charge is 0.318 e. The number of benzene rings is 2. The number of esters is 1. The van der Waals surface area contributed by atoms with Crippen molar-refractivity contribution in [2.45, 2.75) is 25.8 Å². The number of carbonyl (C=O) groups excluding carboxylic acids is 3. The number of carbonyl (C=O) groups is 3. The summed E-state index contributed by atoms with van der Waals surface area (Å²) >= 11 is 0. The van der Waals surface area contributed by atoms with E-state index in [9.17, 15) is 14.4 Å². The van der Waals surface area contributed by atoms with Crippen LogP contribution < -0.4 is 15.4 Å². The van der Waals surface area contributed by atoms with Crippen LogP contribution in [0.2, 0.25) is 0 Å². The van der Waals surface area contributed by atoms with Crippen molar-refractivity contribution in [3.05, 3.63) is 59.7 Å². The summed E-state index contributed by atoms with van der Waals surface area (Å²) in [5.74, 6) is -0.913. The first-order valence-corrected chi connectivity index (χ1v) is 9.10. The quantitative estimate of drug-likeness (QED) is 0.747. The van der Waals surface area contributed by atoms with Crippen LogP contribution in [0.1, 0.15) is 30.9 Å². The summed E-state index contributed by atoms with van der Waals surface area (Å²) in [5.41, 5.74) is 1.37. The van der Waals surface area contributed by atoms with Crippen molar-refractivity contribution >= 4 is 17.8 Å². The third kappa shape index (κ3) is 4.14. The monoisotopic (exact) mass is 382 g/mol. The molecule has 2 amide bonds. The maximum absolute atomic E-state index is 12.8. The number of hydrogen-bond acceptors (Lipinski definition) is 5. The highest BCUT2D eigenvalue weighted by Gasteiger charge is 2.34. The van der Waals surface area contributed by atoms with Crippen LogP contribution in [-0.4, -0.2) is 37.0 Å². The molecule has 2 aromatic rings. The summed E-state index contributed by atoms with van der Waals surface area (Å²) in [7, 11) is 0. The molecule has 146 valence electrons. The number of ether oxygens (including phenoxy) is 2. The molecule has 1 aliphatic rings. The lowest BCUT2D eigenvalue weighted by atomic mass is 9.88. The molecule has 0 radical (unpaired) electrons. The van der Waals surface area contributed by atoms with Gasteiger partial charge in [0, 0.05) is 17.7 Å². The number of fused-ring (bicyclic) bond motifs is 2. The number of nitrogens with one attached hydrogen (secondary N) is 2. The molecule has 0 aromatic heterocycles. The number of rotatable bonds is 6. The van der Waals surface area contributed by atoms with Crippen molar-refractivity contribution in [2.75, 3.05) is 13.2 Å². The zero-order chi connectivity index (χ0) is 20.1. The van der Waals surface area contributed by atoms with Crippen molar-refractivity contribution < 1.29 is 23.9 Å². The van der Waals surface area contributed by atoms with Gasteiger partial charge in [0.25, 0.3) is 5.91 Å². The van der Waals surface area contributed by atoms with E-state index in [0.29, 0.717) is 29.2 Å². The average molecular weight is 382 g/mol. The van der Waals surface area contributed by atoms with Gasteiger partial charge in [0.1, 0.15) is 23.5 Å². The first kappa shape index (κ1) is 19.4. The average Bonchev–Trinajstić information content (AvgIpc) is 2.70. The molecule has 7 nitrogen and oxygen atoms in total. The van der Waals surface area contributed by atoms with Gasteiger partial charge in [0.05, 0.1) is 0 Å². The van der Waals surface area contributed by atoms with E-state index in [2.05, 4.69) is 10.6 Å². The van der Waals surface area contributed by atoms with Crippen LogP contribution in [0.3, 0.4) is 0 Å². The van der Waals surface area contributed by atoms with Gasteiger partial charge in [0.2, 0.25) is 5.91 Å². The van der Waals surface area contributed by atoms with Gasteiger partial charge in [-0.1, -0.05) is 36.4 Å². The van der Waals surface area contributed by atoms with Crippen LogP contribution in [0, 0.1) is 0 Å². The summed E-state index contributed by atoms with van der Waals surface area (Å²) in [6.07, 6.45) is 0. The Morgan fingerprint density at radius 2 is 1.61 bits per heavy atom.